The Morgan fingerprint density at radius 3 is 2.88 bits per heavy atom. The molecule has 2 heterocycles. The van der Waals surface area contributed by atoms with Crippen molar-refractivity contribution in [2.45, 2.75) is 26.8 Å². The van der Waals surface area contributed by atoms with Crippen LogP contribution in [0.3, 0.4) is 0 Å². The van der Waals surface area contributed by atoms with Crippen molar-refractivity contribution in [1.29, 1.82) is 0 Å². The first-order valence-corrected chi connectivity index (χ1v) is 6.16. The molecule has 0 aromatic carbocycles. The van der Waals surface area contributed by atoms with Crippen molar-refractivity contribution in [1.82, 2.24) is 20.4 Å². The predicted molar refractivity (Wildman–Crippen MR) is 65.7 cm³/mol. The molecule has 1 amide bonds. The Kier molecular flexibility index (Phi) is 3.78. The van der Waals surface area contributed by atoms with Gasteiger partial charge < -0.3 is 10.6 Å². The maximum Gasteiger partial charge on any atom is 0.225 e. The Bertz CT molecular complexity index is 395. The summed E-state index contributed by atoms with van der Waals surface area (Å²) in [5.74, 6) is 0.362. The van der Waals surface area contributed by atoms with E-state index in [1.165, 1.54) is 5.69 Å². The molecule has 94 valence electrons. The number of nitrogens with zero attached hydrogens (tertiary/aromatic N) is 2. The van der Waals surface area contributed by atoms with Crippen LogP contribution in [0.2, 0.25) is 0 Å². The number of nitrogens with one attached hydrogen (secondary N) is 2. The summed E-state index contributed by atoms with van der Waals surface area (Å²) in [4.78, 5) is 11.5. The molecule has 1 saturated heterocycles. The average Bonchev–Trinajstić information content (AvgIpc) is 2.49. The fourth-order valence-corrected chi connectivity index (χ4v) is 1.96. The third-order valence-electron chi connectivity index (χ3n) is 3.10. The fourth-order valence-electron chi connectivity index (χ4n) is 1.96. The van der Waals surface area contributed by atoms with Crippen molar-refractivity contribution in [2.75, 3.05) is 19.6 Å². The molecular formula is C12H20N4O. The first-order chi connectivity index (χ1) is 8.16. The minimum Gasteiger partial charge on any atom is -0.356 e. The topological polar surface area (TPSA) is 59.0 Å². The SMILES string of the molecule is Cc1cc(C)n(CCCNC(=O)C2CNC2)n1. The molecule has 0 radical (unpaired) electrons. The molecule has 0 saturated carbocycles. The van der Waals surface area contributed by atoms with E-state index >= 15 is 0 Å². The first-order valence-electron chi connectivity index (χ1n) is 6.16. The third kappa shape index (κ3) is 3.06. The van der Waals surface area contributed by atoms with Crippen molar-refractivity contribution < 1.29 is 4.79 Å². The van der Waals surface area contributed by atoms with Gasteiger partial charge in [0, 0.05) is 31.9 Å². The number of carbonyl (C=O) groups excluding carboxylic acids is 1. The van der Waals surface area contributed by atoms with Crippen LogP contribution in [-0.4, -0.2) is 35.3 Å². The smallest absolute Gasteiger partial charge is 0.225 e. The normalized spacial score (nSPS) is 15.6. The van der Waals surface area contributed by atoms with Gasteiger partial charge in [-0.25, -0.2) is 0 Å². The van der Waals surface area contributed by atoms with Gasteiger partial charge in [-0.3, -0.25) is 9.48 Å². The molecule has 1 aliphatic rings. The van der Waals surface area contributed by atoms with Crippen molar-refractivity contribution in [3.63, 3.8) is 0 Å². The van der Waals surface area contributed by atoms with Gasteiger partial charge in [-0.2, -0.15) is 5.10 Å². The van der Waals surface area contributed by atoms with E-state index in [9.17, 15) is 4.79 Å². The van der Waals surface area contributed by atoms with Gasteiger partial charge in [0.2, 0.25) is 5.91 Å². The van der Waals surface area contributed by atoms with Gasteiger partial charge in [-0.1, -0.05) is 0 Å². The highest BCUT2D eigenvalue weighted by Crippen LogP contribution is 2.03. The highest BCUT2D eigenvalue weighted by Gasteiger charge is 2.23. The molecule has 1 fully saturated rings. The number of rotatable bonds is 5. The minimum atomic E-state index is 0.178. The molecular weight excluding hydrogens is 216 g/mol. The third-order valence-corrected chi connectivity index (χ3v) is 3.10. The summed E-state index contributed by atoms with van der Waals surface area (Å²) in [5.41, 5.74) is 2.23. The van der Waals surface area contributed by atoms with Gasteiger partial charge in [0.15, 0.2) is 0 Å². The van der Waals surface area contributed by atoms with Crippen LogP contribution in [0, 0.1) is 19.8 Å². The van der Waals surface area contributed by atoms with E-state index in [0.717, 1.165) is 38.3 Å². The Morgan fingerprint density at radius 1 is 1.59 bits per heavy atom. The van der Waals surface area contributed by atoms with E-state index in [1.54, 1.807) is 0 Å². The summed E-state index contributed by atoms with van der Waals surface area (Å²) in [7, 11) is 0. The summed E-state index contributed by atoms with van der Waals surface area (Å²) < 4.78 is 1.99. The molecule has 2 rings (SSSR count). The molecule has 1 aromatic rings. The van der Waals surface area contributed by atoms with E-state index < -0.39 is 0 Å². The second-order valence-corrected chi connectivity index (χ2v) is 4.65. The fraction of sp³-hybridized carbons (Fsp3) is 0.667. The van der Waals surface area contributed by atoms with Crippen molar-refractivity contribution >= 4 is 5.91 Å². The first kappa shape index (κ1) is 12.1. The van der Waals surface area contributed by atoms with Crippen molar-refractivity contribution in [2.24, 2.45) is 5.92 Å². The number of amides is 1. The quantitative estimate of drug-likeness (QED) is 0.719. The summed E-state index contributed by atoms with van der Waals surface area (Å²) in [5, 5.41) is 10.4. The lowest BCUT2D eigenvalue weighted by molar-refractivity contribution is -0.126. The molecule has 0 unspecified atom stereocenters. The van der Waals surface area contributed by atoms with Crippen LogP contribution >= 0.6 is 0 Å². The van der Waals surface area contributed by atoms with E-state index in [1.807, 2.05) is 11.6 Å². The maximum atomic E-state index is 11.5. The molecule has 5 nitrogen and oxygen atoms in total. The lowest BCUT2D eigenvalue weighted by Crippen LogP contribution is -2.50. The van der Waals surface area contributed by atoms with E-state index in [-0.39, 0.29) is 11.8 Å². The minimum absolute atomic E-state index is 0.178. The van der Waals surface area contributed by atoms with Crippen LogP contribution < -0.4 is 10.6 Å². The van der Waals surface area contributed by atoms with Crippen LogP contribution in [0.25, 0.3) is 0 Å². The zero-order valence-corrected chi connectivity index (χ0v) is 10.5. The molecule has 1 aliphatic heterocycles. The van der Waals surface area contributed by atoms with Gasteiger partial charge in [-0.15, -0.1) is 0 Å². The molecule has 17 heavy (non-hydrogen) atoms. The van der Waals surface area contributed by atoms with Crippen molar-refractivity contribution in [3.05, 3.63) is 17.5 Å². The average molecular weight is 236 g/mol. The van der Waals surface area contributed by atoms with E-state index in [0.29, 0.717) is 0 Å². The summed E-state index contributed by atoms with van der Waals surface area (Å²) in [6.45, 7) is 7.29. The number of aromatic nitrogens is 2. The van der Waals surface area contributed by atoms with Gasteiger partial charge in [0.05, 0.1) is 11.6 Å². The zero-order chi connectivity index (χ0) is 12.3. The predicted octanol–water partition coefficient (Wildman–Crippen LogP) is 0.226. The van der Waals surface area contributed by atoms with Gasteiger partial charge >= 0.3 is 0 Å². The molecule has 0 bridgehead atoms. The Labute approximate surface area is 102 Å². The lowest BCUT2D eigenvalue weighted by atomic mass is 10.0. The number of hydrogen-bond acceptors (Lipinski definition) is 3. The standard InChI is InChI=1S/C12H20N4O/c1-9-6-10(2)16(15-9)5-3-4-14-12(17)11-7-13-8-11/h6,11,13H,3-5,7-8H2,1-2H3,(H,14,17). The van der Waals surface area contributed by atoms with E-state index in [4.69, 9.17) is 0 Å². The molecule has 0 spiro atoms. The molecule has 2 N–H and O–H groups in total. The summed E-state index contributed by atoms with van der Waals surface area (Å²) in [6, 6.07) is 2.07. The molecule has 1 aromatic heterocycles. The highest BCUT2D eigenvalue weighted by atomic mass is 16.2. The lowest BCUT2D eigenvalue weighted by Gasteiger charge is -2.25. The van der Waals surface area contributed by atoms with Gasteiger partial charge in [-0.05, 0) is 26.3 Å². The summed E-state index contributed by atoms with van der Waals surface area (Å²) in [6.07, 6.45) is 0.924. The van der Waals surface area contributed by atoms with Crippen LogP contribution in [-0.2, 0) is 11.3 Å². The second-order valence-electron chi connectivity index (χ2n) is 4.65. The van der Waals surface area contributed by atoms with Crippen LogP contribution in [0.15, 0.2) is 6.07 Å². The largest absolute Gasteiger partial charge is 0.356 e. The summed E-state index contributed by atoms with van der Waals surface area (Å²) >= 11 is 0. The van der Waals surface area contributed by atoms with Crippen LogP contribution in [0.5, 0.6) is 0 Å². The molecule has 5 heteroatoms. The zero-order valence-electron chi connectivity index (χ0n) is 10.5. The second kappa shape index (κ2) is 5.31. The molecule has 0 aliphatic carbocycles. The monoisotopic (exact) mass is 236 g/mol. The van der Waals surface area contributed by atoms with E-state index in [2.05, 4.69) is 28.7 Å². The Balaban J connectivity index is 1.65. The van der Waals surface area contributed by atoms with Crippen molar-refractivity contribution in [3.8, 4) is 0 Å². The number of aryl methyl sites for hydroxylation is 3. The van der Waals surface area contributed by atoms with Crippen LogP contribution in [0.4, 0.5) is 0 Å². The van der Waals surface area contributed by atoms with Gasteiger partial charge in [0.1, 0.15) is 0 Å². The van der Waals surface area contributed by atoms with Gasteiger partial charge in [0.25, 0.3) is 0 Å². The number of hydrogen-bond donors (Lipinski definition) is 2. The number of carbonyl (C=O) groups is 1. The Hall–Kier alpha value is -1.36. The molecule has 0 atom stereocenters. The highest BCUT2D eigenvalue weighted by molar-refractivity contribution is 5.79. The maximum absolute atomic E-state index is 11.5. The van der Waals surface area contributed by atoms with Crippen LogP contribution in [0.1, 0.15) is 17.8 Å². The Morgan fingerprint density at radius 2 is 2.35 bits per heavy atom.